The smallest absolute Gasteiger partial charge is 0.225 e. The third-order valence-corrected chi connectivity index (χ3v) is 4.21. The summed E-state index contributed by atoms with van der Waals surface area (Å²) in [5.41, 5.74) is 2.23. The van der Waals surface area contributed by atoms with Gasteiger partial charge in [-0.1, -0.05) is 42.7 Å². The van der Waals surface area contributed by atoms with Gasteiger partial charge in [-0.2, -0.15) is 0 Å². The molecule has 1 aliphatic carbocycles. The number of nitrogens with zero attached hydrogens (tertiary/aromatic N) is 1. The van der Waals surface area contributed by atoms with E-state index in [1.807, 2.05) is 31.2 Å². The third-order valence-electron chi connectivity index (χ3n) is 4.21. The Morgan fingerprint density at radius 3 is 2.57 bits per heavy atom. The number of aryl methyl sites for hydroxylation is 1. The predicted octanol–water partition coefficient (Wildman–Crippen LogP) is 2.12. The molecule has 1 fully saturated rings. The fourth-order valence-electron chi connectivity index (χ4n) is 2.53. The zero-order valence-electron chi connectivity index (χ0n) is 13.8. The van der Waals surface area contributed by atoms with Crippen molar-refractivity contribution in [2.75, 3.05) is 13.1 Å². The van der Waals surface area contributed by atoms with Gasteiger partial charge in [-0.25, -0.2) is 0 Å². The second kappa shape index (κ2) is 7.82. The molecule has 0 spiro atoms. The van der Waals surface area contributed by atoms with Crippen LogP contribution in [0.4, 0.5) is 0 Å². The fraction of sp³-hybridized carbons (Fsp3) is 0.474. The van der Waals surface area contributed by atoms with Crippen molar-refractivity contribution in [2.45, 2.75) is 33.2 Å². The van der Waals surface area contributed by atoms with Crippen LogP contribution in [0.25, 0.3) is 0 Å². The van der Waals surface area contributed by atoms with Gasteiger partial charge in [0.15, 0.2) is 0 Å². The van der Waals surface area contributed by atoms with Crippen molar-refractivity contribution in [1.29, 1.82) is 0 Å². The summed E-state index contributed by atoms with van der Waals surface area (Å²) in [6.45, 7) is 5.23. The first-order valence-electron chi connectivity index (χ1n) is 8.05. The molecule has 0 saturated heterocycles. The molecule has 1 saturated carbocycles. The highest BCUT2D eigenvalue weighted by atomic mass is 16.2. The second-order valence-electron chi connectivity index (χ2n) is 6.30. The summed E-state index contributed by atoms with van der Waals surface area (Å²) in [4.78, 5) is 25.7. The van der Waals surface area contributed by atoms with E-state index >= 15 is 0 Å². The van der Waals surface area contributed by atoms with E-state index in [-0.39, 0.29) is 30.7 Å². The molecule has 0 aliphatic heterocycles. The minimum absolute atomic E-state index is 0.0346. The minimum atomic E-state index is -0.0346. The molecule has 0 unspecified atom stereocenters. The predicted molar refractivity (Wildman–Crippen MR) is 90.3 cm³/mol. The number of hydrogen-bond donors (Lipinski definition) is 1. The van der Waals surface area contributed by atoms with Crippen molar-refractivity contribution in [3.63, 3.8) is 0 Å². The Bertz CT molecular complexity index is 601. The quantitative estimate of drug-likeness (QED) is 0.784. The molecule has 4 nitrogen and oxygen atoms in total. The van der Waals surface area contributed by atoms with Crippen LogP contribution < -0.4 is 5.32 Å². The Kier molecular flexibility index (Phi) is 5.81. The summed E-state index contributed by atoms with van der Waals surface area (Å²) in [5, 5.41) is 2.84. The van der Waals surface area contributed by atoms with Gasteiger partial charge in [-0.05, 0) is 24.8 Å². The number of carbonyl (C=O) groups is 2. The normalized spacial score (nSPS) is 18.8. The van der Waals surface area contributed by atoms with Gasteiger partial charge in [-0.15, -0.1) is 6.42 Å². The summed E-state index contributed by atoms with van der Waals surface area (Å²) in [5.74, 6) is 3.17. The Labute approximate surface area is 138 Å². The molecule has 0 aromatic heterocycles. The number of rotatable bonds is 7. The van der Waals surface area contributed by atoms with Crippen molar-refractivity contribution in [1.82, 2.24) is 10.2 Å². The van der Waals surface area contributed by atoms with Crippen molar-refractivity contribution in [3.05, 3.63) is 35.4 Å². The SMILES string of the molecule is C#CCN(Cc1ccc(C)cc1)C(=O)CCNC(=O)[C@H]1C[C@H]1C. The van der Waals surface area contributed by atoms with Crippen LogP contribution in [0.2, 0.25) is 0 Å². The van der Waals surface area contributed by atoms with Gasteiger partial charge in [0.25, 0.3) is 0 Å². The van der Waals surface area contributed by atoms with Crippen LogP contribution in [0.1, 0.15) is 30.9 Å². The maximum Gasteiger partial charge on any atom is 0.225 e. The van der Waals surface area contributed by atoms with Crippen LogP contribution in [-0.4, -0.2) is 29.8 Å². The van der Waals surface area contributed by atoms with E-state index in [9.17, 15) is 9.59 Å². The van der Waals surface area contributed by atoms with E-state index in [0.717, 1.165) is 12.0 Å². The van der Waals surface area contributed by atoms with Crippen LogP contribution in [0, 0.1) is 31.1 Å². The average Bonchev–Trinajstić information content (AvgIpc) is 3.26. The van der Waals surface area contributed by atoms with E-state index < -0.39 is 0 Å². The van der Waals surface area contributed by atoms with Gasteiger partial charge in [0.1, 0.15) is 0 Å². The highest BCUT2D eigenvalue weighted by Crippen LogP contribution is 2.37. The van der Waals surface area contributed by atoms with Crippen LogP contribution in [0.15, 0.2) is 24.3 Å². The van der Waals surface area contributed by atoms with E-state index in [1.165, 1.54) is 5.56 Å². The lowest BCUT2D eigenvalue weighted by molar-refractivity contribution is -0.131. The molecule has 0 heterocycles. The molecule has 1 aliphatic rings. The van der Waals surface area contributed by atoms with Crippen LogP contribution in [0.5, 0.6) is 0 Å². The average molecular weight is 312 g/mol. The molecule has 2 rings (SSSR count). The molecular formula is C19H24N2O2. The molecule has 0 radical (unpaired) electrons. The monoisotopic (exact) mass is 312 g/mol. The van der Waals surface area contributed by atoms with Gasteiger partial charge >= 0.3 is 0 Å². The summed E-state index contributed by atoms with van der Waals surface area (Å²) in [6, 6.07) is 8.04. The lowest BCUT2D eigenvalue weighted by atomic mass is 10.1. The topological polar surface area (TPSA) is 49.4 Å². The number of benzene rings is 1. The highest BCUT2D eigenvalue weighted by molar-refractivity contribution is 5.82. The molecule has 0 bridgehead atoms. The molecule has 2 amide bonds. The Hall–Kier alpha value is -2.28. The standard InChI is InChI=1S/C19H24N2O2/c1-4-11-21(13-16-7-5-14(2)6-8-16)18(22)9-10-20-19(23)17-12-15(17)3/h1,5-8,15,17H,9-13H2,2-3H3,(H,20,23)/t15-,17+/m1/s1. The molecule has 4 heteroatoms. The molecule has 122 valence electrons. The summed E-state index contributed by atoms with van der Waals surface area (Å²) < 4.78 is 0. The molecule has 1 N–H and O–H groups in total. The first kappa shape index (κ1) is 17.1. The van der Waals surface area contributed by atoms with Crippen LogP contribution in [0.3, 0.4) is 0 Å². The molecular weight excluding hydrogens is 288 g/mol. The van der Waals surface area contributed by atoms with Crippen molar-refractivity contribution in [3.8, 4) is 12.3 Å². The van der Waals surface area contributed by atoms with E-state index in [1.54, 1.807) is 4.90 Å². The summed E-state index contributed by atoms with van der Waals surface area (Å²) in [7, 11) is 0. The Morgan fingerprint density at radius 2 is 2.00 bits per heavy atom. The van der Waals surface area contributed by atoms with Gasteiger partial charge in [0.2, 0.25) is 11.8 Å². The van der Waals surface area contributed by atoms with E-state index in [4.69, 9.17) is 6.42 Å². The van der Waals surface area contributed by atoms with Crippen LogP contribution >= 0.6 is 0 Å². The number of hydrogen-bond acceptors (Lipinski definition) is 2. The van der Waals surface area contributed by atoms with Crippen molar-refractivity contribution in [2.24, 2.45) is 11.8 Å². The Balaban J connectivity index is 1.81. The maximum atomic E-state index is 12.3. The van der Waals surface area contributed by atoms with Crippen LogP contribution in [-0.2, 0) is 16.1 Å². The minimum Gasteiger partial charge on any atom is -0.355 e. The summed E-state index contributed by atoms with van der Waals surface area (Å²) >= 11 is 0. The molecule has 23 heavy (non-hydrogen) atoms. The summed E-state index contributed by atoms with van der Waals surface area (Å²) in [6.07, 6.45) is 6.60. The molecule has 1 aromatic rings. The lowest BCUT2D eigenvalue weighted by Crippen LogP contribution is -2.35. The van der Waals surface area contributed by atoms with E-state index in [2.05, 4.69) is 18.2 Å². The second-order valence-corrected chi connectivity index (χ2v) is 6.30. The largest absolute Gasteiger partial charge is 0.355 e. The highest BCUT2D eigenvalue weighted by Gasteiger charge is 2.38. The van der Waals surface area contributed by atoms with E-state index in [0.29, 0.717) is 19.0 Å². The number of carbonyl (C=O) groups excluding carboxylic acids is 2. The van der Waals surface area contributed by atoms with Gasteiger partial charge in [0.05, 0.1) is 6.54 Å². The number of amides is 2. The molecule has 1 aromatic carbocycles. The number of nitrogens with one attached hydrogen (secondary N) is 1. The fourth-order valence-corrected chi connectivity index (χ4v) is 2.53. The Morgan fingerprint density at radius 1 is 1.35 bits per heavy atom. The molecule has 2 atom stereocenters. The third kappa shape index (κ3) is 5.14. The van der Waals surface area contributed by atoms with Crippen molar-refractivity contribution < 1.29 is 9.59 Å². The zero-order valence-corrected chi connectivity index (χ0v) is 13.8. The van der Waals surface area contributed by atoms with Gasteiger partial charge in [0, 0.05) is 25.4 Å². The first-order chi connectivity index (χ1) is 11.0. The van der Waals surface area contributed by atoms with Gasteiger partial charge in [-0.3, -0.25) is 9.59 Å². The lowest BCUT2D eigenvalue weighted by Gasteiger charge is -2.20. The van der Waals surface area contributed by atoms with Crippen molar-refractivity contribution >= 4 is 11.8 Å². The first-order valence-corrected chi connectivity index (χ1v) is 8.05. The van der Waals surface area contributed by atoms with Gasteiger partial charge < -0.3 is 10.2 Å². The number of terminal acetylenes is 1. The zero-order chi connectivity index (χ0) is 16.8. The maximum absolute atomic E-state index is 12.3.